The summed E-state index contributed by atoms with van der Waals surface area (Å²) in [7, 11) is 7.07. The fourth-order valence-electron chi connectivity index (χ4n) is 1.34. The van der Waals surface area contributed by atoms with Gasteiger partial charge in [-0.25, -0.2) is 0 Å². The zero-order valence-electron chi connectivity index (χ0n) is 12.4. The molecule has 17 heavy (non-hydrogen) atoms. The number of ether oxygens (including phenoxy) is 2. The maximum Gasteiger partial charge on any atom is 0.0855 e. The molecule has 0 fully saturated rings. The van der Waals surface area contributed by atoms with Gasteiger partial charge in [0.2, 0.25) is 0 Å². The summed E-state index contributed by atoms with van der Waals surface area (Å²) >= 11 is 0. The second-order valence-corrected chi connectivity index (χ2v) is 11.9. The Labute approximate surface area is 113 Å². The number of halogens is 1. The topological polar surface area (TPSA) is 18.5 Å². The first-order valence-corrected chi connectivity index (χ1v) is 9.52. The van der Waals surface area contributed by atoms with E-state index in [2.05, 4.69) is 26.4 Å². The van der Waals surface area contributed by atoms with Gasteiger partial charge in [-0.3, -0.25) is 0 Å². The maximum absolute atomic E-state index is 6.26. The van der Waals surface area contributed by atoms with Crippen LogP contribution < -0.4 is 0 Å². The Morgan fingerprint density at radius 3 is 2.00 bits per heavy atom. The number of hydrogen-bond acceptors (Lipinski definition) is 2. The lowest BCUT2D eigenvalue weighted by molar-refractivity contribution is -0.108. The lowest BCUT2D eigenvalue weighted by atomic mass is 10.0. The average Bonchev–Trinajstić information content (AvgIpc) is 2.13. The Morgan fingerprint density at radius 2 is 1.59 bits per heavy atom. The smallest absolute Gasteiger partial charge is 0.0855 e. The monoisotopic (exact) mass is 284 g/mol. The molecule has 0 aliphatic rings. The second-order valence-electron chi connectivity index (χ2n) is 6.22. The zero-order valence-corrected chi connectivity index (χ0v) is 14.0. The van der Waals surface area contributed by atoms with Crippen LogP contribution in [0.2, 0.25) is 0 Å². The number of methoxy groups -OCH3 is 1. The molecule has 0 radical (unpaired) electrons. The Bertz CT molecular complexity index is 222. The van der Waals surface area contributed by atoms with Crippen molar-refractivity contribution in [1.29, 1.82) is 0 Å². The van der Waals surface area contributed by atoms with Gasteiger partial charge < -0.3 is 9.47 Å². The van der Waals surface area contributed by atoms with Gasteiger partial charge in [0.1, 0.15) is 0 Å². The molecule has 0 heterocycles. The quantitative estimate of drug-likeness (QED) is 0.665. The van der Waals surface area contributed by atoms with Crippen molar-refractivity contribution in [3.63, 3.8) is 0 Å². The molecule has 0 aromatic carbocycles. The molecule has 0 aliphatic carbocycles. The summed E-state index contributed by atoms with van der Waals surface area (Å²) in [5.41, 5.74) is -0.314. The Balaban J connectivity index is 3.96. The number of hydrogen-bond donors (Lipinski definition) is 0. The first-order chi connectivity index (χ1) is 7.47. The van der Waals surface area contributed by atoms with Gasteiger partial charge in [-0.15, -0.1) is 0 Å². The molecule has 0 atom stereocenters. The van der Waals surface area contributed by atoms with Gasteiger partial charge >= 0.3 is 0 Å². The normalized spacial score (nSPS) is 15.1. The van der Waals surface area contributed by atoms with E-state index in [1.165, 1.54) is 0 Å². The summed E-state index contributed by atoms with van der Waals surface area (Å²) in [5.74, 6) is 1.09. The standard InChI is InChI=1S/C13H29ClO2S/c1-12(2,9-8-10-17(6,7)14)16-11-13(3,4)15-5/h8-11H2,1-7H3. The molecule has 0 aromatic rings. The predicted octanol–water partition coefficient (Wildman–Crippen LogP) is 4.20. The van der Waals surface area contributed by atoms with E-state index in [-0.39, 0.29) is 11.2 Å². The molecule has 106 valence electrons. The van der Waals surface area contributed by atoms with Gasteiger partial charge in [0.25, 0.3) is 0 Å². The molecule has 4 heteroatoms. The van der Waals surface area contributed by atoms with Crippen molar-refractivity contribution in [2.75, 3.05) is 32.0 Å². The molecule has 0 saturated heterocycles. The van der Waals surface area contributed by atoms with Crippen LogP contribution in [-0.4, -0.2) is 43.2 Å². The van der Waals surface area contributed by atoms with Crippen LogP contribution in [-0.2, 0) is 9.47 Å². The third-order valence-electron chi connectivity index (χ3n) is 2.77. The average molecular weight is 285 g/mol. The second kappa shape index (κ2) is 6.65. The van der Waals surface area contributed by atoms with Crippen LogP contribution in [0.5, 0.6) is 0 Å². The summed E-state index contributed by atoms with van der Waals surface area (Å²) in [5, 5.41) is 0. The maximum atomic E-state index is 6.26. The molecule has 0 unspecified atom stereocenters. The Hall–Kier alpha value is 0.560. The van der Waals surface area contributed by atoms with E-state index in [0.29, 0.717) is 6.61 Å². The van der Waals surface area contributed by atoms with Crippen LogP contribution >= 0.6 is 19.9 Å². The van der Waals surface area contributed by atoms with E-state index in [1.807, 2.05) is 13.8 Å². The minimum absolute atomic E-state index is 0.0998. The van der Waals surface area contributed by atoms with Crippen LogP contribution in [0.3, 0.4) is 0 Å². The summed E-state index contributed by atoms with van der Waals surface area (Å²) in [6, 6.07) is 0. The highest BCUT2D eigenvalue weighted by Gasteiger charge is 2.24. The van der Waals surface area contributed by atoms with Crippen molar-refractivity contribution in [1.82, 2.24) is 0 Å². The summed E-state index contributed by atoms with van der Waals surface area (Å²) in [6.07, 6.45) is 6.43. The highest BCUT2D eigenvalue weighted by molar-refractivity contribution is 8.50. The fourth-order valence-corrected chi connectivity index (χ4v) is 2.50. The van der Waals surface area contributed by atoms with Crippen LogP contribution in [0.1, 0.15) is 40.5 Å². The molecular formula is C13H29ClO2S. The van der Waals surface area contributed by atoms with Crippen molar-refractivity contribution in [3.05, 3.63) is 0 Å². The van der Waals surface area contributed by atoms with Gasteiger partial charge in [-0.2, -0.15) is 9.24 Å². The van der Waals surface area contributed by atoms with Gasteiger partial charge in [0.05, 0.1) is 17.8 Å². The van der Waals surface area contributed by atoms with E-state index in [1.54, 1.807) is 7.11 Å². The van der Waals surface area contributed by atoms with Crippen molar-refractivity contribution >= 4 is 19.9 Å². The van der Waals surface area contributed by atoms with Gasteiger partial charge in [0, 0.05) is 7.11 Å². The summed E-state index contributed by atoms with van der Waals surface area (Å²) in [4.78, 5) is 0. The predicted molar refractivity (Wildman–Crippen MR) is 80.5 cm³/mol. The fraction of sp³-hybridized carbons (Fsp3) is 1.00. The summed E-state index contributed by atoms with van der Waals surface area (Å²) in [6.45, 7) is 8.96. The Kier molecular flexibility index (Phi) is 6.87. The van der Waals surface area contributed by atoms with Crippen molar-refractivity contribution in [2.45, 2.75) is 51.7 Å². The minimum atomic E-state index is -0.903. The van der Waals surface area contributed by atoms with Gasteiger partial charge in [-0.1, -0.05) is 10.7 Å². The van der Waals surface area contributed by atoms with Gasteiger partial charge in [-0.05, 0) is 58.8 Å². The van der Waals surface area contributed by atoms with E-state index < -0.39 is 9.24 Å². The molecule has 0 N–H and O–H groups in total. The first kappa shape index (κ1) is 17.6. The zero-order chi connectivity index (χ0) is 13.7. The molecule has 0 aromatic heterocycles. The minimum Gasteiger partial charge on any atom is -0.376 e. The van der Waals surface area contributed by atoms with E-state index in [9.17, 15) is 0 Å². The SMILES string of the molecule is COC(C)(C)COC(C)(C)CCCS(C)(C)Cl. The van der Waals surface area contributed by atoms with Gasteiger partial charge in [0.15, 0.2) is 0 Å². The molecular weight excluding hydrogens is 256 g/mol. The molecule has 0 amide bonds. The third kappa shape index (κ3) is 10.2. The lowest BCUT2D eigenvalue weighted by Gasteiger charge is -2.32. The summed E-state index contributed by atoms with van der Waals surface area (Å²) < 4.78 is 11.3. The molecule has 0 saturated carbocycles. The van der Waals surface area contributed by atoms with Crippen LogP contribution in [0.25, 0.3) is 0 Å². The molecule has 0 aliphatic heterocycles. The highest BCUT2D eigenvalue weighted by Crippen LogP contribution is 2.46. The van der Waals surface area contributed by atoms with Crippen LogP contribution in [0.15, 0.2) is 0 Å². The first-order valence-electron chi connectivity index (χ1n) is 6.07. The Morgan fingerprint density at radius 1 is 1.06 bits per heavy atom. The van der Waals surface area contributed by atoms with Crippen molar-refractivity contribution in [2.24, 2.45) is 0 Å². The third-order valence-corrected chi connectivity index (χ3v) is 4.49. The van der Waals surface area contributed by atoms with E-state index >= 15 is 0 Å². The molecule has 0 bridgehead atoms. The van der Waals surface area contributed by atoms with Crippen molar-refractivity contribution < 1.29 is 9.47 Å². The largest absolute Gasteiger partial charge is 0.376 e. The van der Waals surface area contributed by atoms with Crippen LogP contribution in [0.4, 0.5) is 0 Å². The lowest BCUT2D eigenvalue weighted by Crippen LogP contribution is -2.36. The molecule has 0 rings (SSSR count). The van der Waals surface area contributed by atoms with E-state index in [4.69, 9.17) is 20.2 Å². The molecule has 0 spiro atoms. The number of rotatable bonds is 8. The van der Waals surface area contributed by atoms with E-state index in [0.717, 1.165) is 18.6 Å². The van der Waals surface area contributed by atoms with Crippen molar-refractivity contribution in [3.8, 4) is 0 Å². The van der Waals surface area contributed by atoms with Crippen LogP contribution in [0, 0.1) is 0 Å². The molecule has 2 nitrogen and oxygen atoms in total. The highest BCUT2D eigenvalue weighted by atomic mass is 35.7.